The summed E-state index contributed by atoms with van der Waals surface area (Å²) in [6.07, 6.45) is 0. The molecule has 0 spiro atoms. The zero-order chi connectivity index (χ0) is 27.6. The molecule has 0 saturated carbocycles. The first-order chi connectivity index (χ1) is 20.8. The van der Waals surface area contributed by atoms with Gasteiger partial charge in [0.2, 0.25) is 5.95 Å². The summed E-state index contributed by atoms with van der Waals surface area (Å²) in [6.45, 7) is 0. The minimum Gasteiger partial charge on any atom is -0.454 e. The van der Waals surface area contributed by atoms with Crippen LogP contribution < -0.4 is 4.90 Å². The molecule has 0 bridgehead atoms. The van der Waals surface area contributed by atoms with E-state index in [9.17, 15) is 0 Å². The highest BCUT2D eigenvalue weighted by atomic mass is 16.3. The van der Waals surface area contributed by atoms with Crippen molar-refractivity contribution in [3.63, 3.8) is 0 Å². The van der Waals surface area contributed by atoms with Crippen LogP contribution in [0, 0.1) is 0 Å². The monoisotopic (exact) mass is 538 g/mol. The summed E-state index contributed by atoms with van der Waals surface area (Å²) in [5.41, 5.74) is 7.74. The van der Waals surface area contributed by atoms with E-state index >= 15 is 0 Å². The van der Waals surface area contributed by atoms with Crippen molar-refractivity contribution in [1.29, 1.82) is 0 Å². The van der Waals surface area contributed by atoms with Gasteiger partial charge in [-0.25, -0.2) is 4.98 Å². The molecule has 0 radical (unpaired) electrons. The minimum absolute atomic E-state index is 0.541. The maximum Gasteiger partial charge on any atom is 0.238 e. The number of hydrogen-bond acceptors (Lipinski definition) is 5. The number of aromatic nitrogens is 3. The maximum absolute atomic E-state index is 6.66. The Labute approximate surface area is 241 Å². The fraction of sp³-hybridized carbons (Fsp3) is 0. The molecule has 0 unspecified atom stereocenters. The Morgan fingerprint density at radius 2 is 1.17 bits per heavy atom. The molecule has 0 N–H and O–H groups in total. The van der Waals surface area contributed by atoms with Gasteiger partial charge in [-0.2, -0.15) is 9.97 Å². The van der Waals surface area contributed by atoms with E-state index in [1.807, 2.05) is 72.8 Å². The molecule has 2 aromatic heterocycles. The Kier molecular flexibility index (Phi) is 4.83. The highest BCUT2D eigenvalue weighted by molar-refractivity contribution is 6.24. The van der Waals surface area contributed by atoms with Crippen LogP contribution in [0.25, 0.3) is 66.6 Å². The van der Waals surface area contributed by atoms with Crippen molar-refractivity contribution in [2.75, 3.05) is 4.90 Å². The average Bonchev–Trinajstić information content (AvgIpc) is 3.44. The number of hydrogen-bond donors (Lipinski definition) is 0. The topological polar surface area (TPSA) is 55.1 Å². The molecule has 1 aliphatic heterocycles. The molecule has 0 aliphatic carbocycles. The third-order valence-electron chi connectivity index (χ3n) is 8.03. The van der Waals surface area contributed by atoms with Crippen molar-refractivity contribution in [1.82, 2.24) is 15.0 Å². The van der Waals surface area contributed by atoms with Crippen LogP contribution in [0.3, 0.4) is 0 Å². The van der Waals surface area contributed by atoms with Gasteiger partial charge < -0.3 is 4.42 Å². The molecular formula is C37H22N4O. The Bertz CT molecular complexity index is 2250. The van der Waals surface area contributed by atoms with Crippen LogP contribution in [0.4, 0.5) is 17.3 Å². The van der Waals surface area contributed by atoms with Gasteiger partial charge in [0.15, 0.2) is 17.2 Å². The second-order valence-corrected chi connectivity index (χ2v) is 10.5. The number of anilines is 3. The fourth-order valence-corrected chi connectivity index (χ4v) is 6.17. The van der Waals surface area contributed by atoms with Crippen molar-refractivity contribution < 1.29 is 4.42 Å². The number of para-hydroxylation sites is 2. The lowest BCUT2D eigenvalue weighted by atomic mass is 9.90. The predicted molar refractivity (Wildman–Crippen MR) is 169 cm³/mol. The lowest BCUT2D eigenvalue weighted by Crippen LogP contribution is -2.19. The third kappa shape index (κ3) is 3.34. The molecule has 0 fully saturated rings. The first-order valence-electron chi connectivity index (χ1n) is 14.0. The predicted octanol–water partition coefficient (Wildman–Crippen LogP) is 9.71. The standard InChI is InChI=1S/C37H22N4O/c1-3-12-23(13-4-1)35-38-36(24-14-5-2-6-15-24)40-37(39-35)41-30-20-9-7-17-26(30)28-19-11-16-25-22-29-27-18-8-10-21-31(27)42-34(29)33(41)32(25)28/h1-22H. The molecule has 6 aromatic carbocycles. The van der Waals surface area contributed by atoms with Gasteiger partial charge in [0, 0.05) is 32.8 Å². The van der Waals surface area contributed by atoms with E-state index in [1.54, 1.807) is 0 Å². The zero-order valence-corrected chi connectivity index (χ0v) is 22.4. The average molecular weight is 539 g/mol. The van der Waals surface area contributed by atoms with Crippen LogP contribution in [0.1, 0.15) is 0 Å². The summed E-state index contributed by atoms with van der Waals surface area (Å²) in [4.78, 5) is 17.4. The summed E-state index contributed by atoms with van der Waals surface area (Å²) in [5.74, 6) is 1.77. The second kappa shape index (κ2) is 8.85. The number of furan rings is 1. The molecule has 196 valence electrons. The van der Waals surface area contributed by atoms with E-state index in [1.165, 1.54) is 0 Å². The maximum atomic E-state index is 6.66. The normalized spacial score (nSPS) is 12.2. The molecule has 42 heavy (non-hydrogen) atoms. The Morgan fingerprint density at radius 3 is 1.93 bits per heavy atom. The molecular weight excluding hydrogens is 516 g/mol. The van der Waals surface area contributed by atoms with E-state index in [4.69, 9.17) is 19.4 Å². The Hall–Kier alpha value is -5.81. The van der Waals surface area contributed by atoms with Gasteiger partial charge in [0.1, 0.15) is 11.3 Å². The third-order valence-corrected chi connectivity index (χ3v) is 8.03. The summed E-state index contributed by atoms with van der Waals surface area (Å²) in [5, 5.41) is 4.41. The smallest absolute Gasteiger partial charge is 0.238 e. The summed E-state index contributed by atoms with van der Waals surface area (Å²) < 4.78 is 6.66. The number of nitrogens with zero attached hydrogens (tertiary/aromatic N) is 4. The largest absolute Gasteiger partial charge is 0.454 e. The van der Waals surface area contributed by atoms with Gasteiger partial charge in [-0.1, -0.05) is 115 Å². The van der Waals surface area contributed by atoms with Crippen LogP contribution in [-0.4, -0.2) is 15.0 Å². The van der Waals surface area contributed by atoms with Crippen molar-refractivity contribution in [2.45, 2.75) is 0 Å². The first-order valence-corrected chi connectivity index (χ1v) is 14.0. The van der Waals surface area contributed by atoms with Crippen molar-refractivity contribution >= 4 is 50.0 Å². The van der Waals surface area contributed by atoms with E-state index in [-0.39, 0.29) is 0 Å². The highest BCUT2D eigenvalue weighted by Gasteiger charge is 2.32. The van der Waals surface area contributed by atoms with Gasteiger partial charge in [-0.05, 0) is 29.1 Å². The summed E-state index contributed by atoms with van der Waals surface area (Å²) >= 11 is 0. The Balaban J connectivity index is 1.43. The molecule has 5 heteroatoms. The zero-order valence-electron chi connectivity index (χ0n) is 22.4. The molecule has 0 saturated heterocycles. The van der Waals surface area contributed by atoms with E-state index in [0.29, 0.717) is 17.6 Å². The number of benzene rings is 6. The van der Waals surface area contributed by atoms with Gasteiger partial charge in [0.05, 0.1) is 5.69 Å². The van der Waals surface area contributed by atoms with Crippen molar-refractivity contribution in [3.8, 4) is 33.9 Å². The van der Waals surface area contributed by atoms with Crippen LogP contribution in [0.2, 0.25) is 0 Å². The highest BCUT2D eigenvalue weighted by Crippen LogP contribution is 2.54. The van der Waals surface area contributed by atoms with Crippen molar-refractivity contribution in [2.24, 2.45) is 0 Å². The Morgan fingerprint density at radius 1 is 0.524 bits per heavy atom. The van der Waals surface area contributed by atoms with Crippen LogP contribution in [-0.2, 0) is 0 Å². The van der Waals surface area contributed by atoms with Gasteiger partial charge in [-0.15, -0.1) is 0 Å². The van der Waals surface area contributed by atoms with E-state index in [0.717, 1.165) is 66.3 Å². The van der Waals surface area contributed by atoms with E-state index in [2.05, 4.69) is 65.6 Å². The van der Waals surface area contributed by atoms with Gasteiger partial charge in [0.25, 0.3) is 0 Å². The second-order valence-electron chi connectivity index (χ2n) is 10.5. The van der Waals surface area contributed by atoms with E-state index < -0.39 is 0 Å². The molecule has 0 atom stereocenters. The molecule has 8 aromatic rings. The summed E-state index contributed by atoms with van der Waals surface area (Å²) in [6, 6.07) is 45.6. The fourth-order valence-electron chi connectivity index (χ4n) is 6.17. The molecule has 9 rings (SSSR count). The SMILES string of the molecule is c1ccc(-c2nc(-c3ccccc3)nc(N3c4ccccc4-c4cccc5cc6c(oc7ccccc76)c3c45)n2)cc1. The van der Waals surface area contributed by atoms with Crippen molar-refractivity contribution in [3.05, 3.63) is 133 Å². The minimum atomic E-state index is 0.541. The van der Waals surface area contributed by atoms with Gasteiger partial charge in [-0.3, -0.25) is 4.90 Å². The first kappa shape index (κ1) is 22.9. The molecule has 3 heterocycles. The quantitative estimate of drug-likeness (QED) is 0.224. The lowest BCUT2D eigenvalue weighted by molar-refractivity contribution is 0.669. The lowest BCUT2D eigenvalue weighted by Gasteiger charge is -2.32. The number of fused-ring (bicyclic) bond motifs is 6. The molecule has 0 amide bonds. The molecule has 1 aliphatic rings. The summed E-state index contributed by atoms with van der Waals surface area (Å²) in [7, 11) is 0. The van der Waals surface area contributed by atoms with Crippen LogP contribution >= 0.6 is 0 Å². The van der Waals surface area contributed by atoms with Crippen LogP contribution in [0.5, 0.6) is 0 Å². The number of rotatable bonds is 3. The van der Waals surface area contributed by atoms with Crippen LogP contribution in [0.15, 0.2) is 138 Å². The van der Waals surface area contributed by atoms with Gasteiger partial charge >= 0.3 is 0 Å². The molecule has 5 nitrogen and oxygen atoms in total.